The fourth-order valence-corrected chi connectivity index (χ4v) is 4.01. The Bertz CT molecular complexity index is 741. The summed E-state index contributed by atoms with van der Waals surface area (Å²) in [5.41, 5.74) is 5.24. The topological polar surface area (TPSA) is 53.9 Å². The molecule has 3 heterocycles. The molecule has 0 unspecified atom stereocenters. The number of nitrogens with zero attached hydrogens (tertiary/aromatic N) is 3. The van der Waals surface area contributed by atoms with E-state index in [2.05, 4.69) is 48.5 Å². The van der Waals surface area contributed by atoms with Crippen molar-refractivity contribution in [3.8, 4) is 0 Å². The fourth-order valence-electron chi connectivity index (χ4n) is 4.01. The molecular weight excluding hydrogens is 300 g/mol. The minimum Gasteiger partial charge on any atom is -0.346 e. The minimum atomic E-state index is 0.159. The van der Waals surface area contributed by atoms with E-state index in [9.17, 15) is 4.79 Å². The van der Waals surface area contributed by atoms with Crippen LogP contribution in [0.1, 0.15) is 71.8 Å². The van der Waals surface area contributed by atoms with Gasteiger partial charge in [-0.25, -0.2) is 0 Å². The predicted octanol–water partition coefficient (Wildman–Crippen LogP) is 3.74. The van der Waals surface area contributed by atoms with Crippen LogP contribution in [0.2, 0.25) is 0 Å². The summed E-state index contributed by atoms with van der Waals surface area (Å²) in [5.74, 6) is 0.494. The molecule has 0 bridgehead atoms. The van der Waals surface area contributed by atoms with Crippen molar-refractivity contribution in [1.29, 1.82) is 0 Å². The molecule has 0 aliphatic carbocycles. The smallest absolute Gasteiger partial charge is 0.255 e. The Morgan fingerprint density at radius 2 is 2.04 bits per heavy atom. The van der Waals surface area contributed by atoms with Crippen LogP contribution in [0.15, 0.2) is 12.1 Å². The molecule has 1 atom stereocenters. The highest BCUT2D eigenvalue weighted by atomic mass is 16.2. The van der Waals surface area contributed by atoms with E-state index in [-0.39, 0.29) is 5.91 Å². The number of piperidine rings is 1. The summed E-state index contributed by atoms with van der Waals surface area (Å²) in [6.07, 6.45) is 2.13. The lowest BCUT2D eigenvalue weighted by atomic mass is 9.94. The third kappa shape index (κ3) is 2.99. The average molecular weight is 328 g/mol. The maximum atomic E-state index is 13.1. The van der Waals surface area contributed by atoms with Crippen LogP contribution >= 0.6 is 0 Å². The van der Waals surface area contributed by atoms with Gasteiger partial charge in [0.25, 0.3) is 5.91 Å². The quantitative estimate of drug-likeness (QED) is 0.933. The molecule has 1 aliphatic rings. The highest BCUT2D eigenvalue weighted by Gasteiger charge is 2.28. The van der Waals surface area contributed by atoms with Gasteiger partial charge in [-0.15, -0.1) is 0 Å². The van der Waals surface area contributed by atoms with Gasteiger partial charge >= 0.3 is 0 Å². The highest BCUT2D eigenvalue weighted by Crippen LogP contribution is 2.28. The van der Waals surface area contributed by atoms with Crippen molar-refractivity contribution in [2.75, 3.05) is 13.1 Å². The van der Waals surface area contributed by atoms with E-state index in [0.29, 0.717) is 12.0 Å². The second kappa shape index (κ2) is 6.46. The van der Waals surface area contributed by atoms with Crippen molar-refractivity contribution in [2.24, 2.45) is 0 Å². The van der Waals surface area contributed by atoms with Gasteiger partial charge in [-0.1, -0.05) is 0 Å². The number of carbonyl (C=O) groups excluding carboxylic acids is 1. The third-order valence-corrected chi connectivity index (χ3v) is 5.08. The maximum Gasteiger partial charge on any atom is 0.255 e. The molecule has 24 heavy (non-hydrogen) atoms. The molecule has 0 saturated carbocycles. The maximum absolute atomic E-state index is 13.1. The molecule has 1 N–H and O–H groups in total. The van der Waals surface area contributed by atoms with Crippen molar-refractivity contribution >= 4 is 5.91 Å². The Labute approximate surface area is 144 Å². The first-order valence-corrected chi connectivity index (χ1v) is 8.88. The Morgan fingerprint density at radius 3 is 2.62 bits per heavy atom. The summed E-state index contributed by atoms with van der Waals surface area (Å²) in [7, 11) is 0. The number of aromatic amines is 1. The van der Waals surface area contributed by atoms with E-state index in [0.717, 1.165) is 54.3 Å². The van der Waals surface area contributed by atoms with Crippen LogP contribution in [0.25, 0.3) is 0 Å². The van der Waals surface area contributed by atoms with Crippen molar-refractivity contribution in [3.63, 3.8) is 0 Å². The molecular formula is C19H28N4O. The Balaban J connectivity index is 1.81. The van der Waals surface area contributed by atoms with Crippen LogP contribution in [-0.2, 0) is 0 Å². The Kier molecular flexibility index (Phi) is 4.52. The standard InChI is InChI=1S/C19H28N4O/c1-12(2)23-14(4)10-17(15(23)5)19(24)22-8-6-7-16(11-22)18-9-13(3)20-21-18/h9-10,12,16H,6-8,11H2,1-5H3,(H,20,21)/t16-/m0/s1. The number of H-pyrrole nitrogens is 1. The monoisotopic (exact) mass is 328 g/mol. The molecule has 1 amide bonds. The predicted molar refractivity (Wildman–Crippen MR) is 95.5 cm³/mol. The molecule has 130 valence electrons. The fraction of sp³-hybridized carbons (Fsp3) is 0.579. The van der Waals surface area contributed by atoms with E-state index in [4.69, 9.17) is 0 Å². The summed E-state index contributed by atoms with van der Waals surface area (Å²) in [5, 5.41) is 7.42. The summed E-state index contributed by atoms with van der Waals surface area (Å²) in [6.45, 7) is 12.1. The van der Waals surface area contributed by atoms with Gasteiger partial charge in [-0.3, -0.25) is 9.89 Å². The minimum absolute atomic E-state index is 0.159. The number of aryl methyl sites for hydroxylation is 2. The van der Waals surface area contributed by atoms with Crippen LogP contribution in [0.4, 0.5) is 0 Å². The highest BCUT2D eigenvalue weighted by molar-refractivity contribution is 5.95. The number of rotatable bonds is 3. The molecule has 2 aromatic rings. The average Bonchev–Trinajstić information content (AvgIpc) is 3.10. The van der Waals surface area contributed by atoms with Gasteiger partial charge in [0.15, 0.2) is 0 Å². The number of carbonyl (C=O) groups is 1. The van der Waals surface area contributed by atoms with Crippen LogP contribution in [-0.4, -0.2) is 38.7 Å². The zero-order chi connectivity index (χ0) is 17.4. The van der Waals surface area contributed by atoms with E-state index in [1.54, 1.807) is 0 Å². The Hall–Kier alpha value is -2.04. The first-order valence-electron chi connectivity index (χ1n) is 8.88. The molecule has 0 radical (unpaired) electrons. The number of amides is 1. The van der Waals surface area contributed by atoms with E-state index < -0.39 is 0 Å². The number of nitrogens with one attached hydrogen (secondary N) is 1. The van der Waals surface area contributed by atoms with Gasteiger partial charge in [-0.2, -0.15) is 5.10 Å². The lowest BCUT2D eigenvalue weighted by Gasteiger charge is -2.32. The molecule has 3 rings (SSSR count). The number of hydrogen-bond donors (Lipinski definition) is 1. The van der Waals surface area contributed by atoms with Gasteiger partial charge in [0, 0.05) is 42.1 Å². The normalized spacial score (nSPS) is 18.4. The summed E-state index contributed by atoms with van der Waals surface area (Å²) in [6, 6.07) is 4.51. The van der Waals surface area contributed by atoms with Crippen molar-refractivity contribution < 1.29 is 4.79 Å². The second-order valence-corrected chi connectivity index (χ2v) is 7.31. The first-order chi connectivity index (χ1) is 11.4. The van der Waals surface area contributed by atoms with Crippen molar-refractivity contribution in [2.45, 2.75) is 59.4 Å². The number of likely N-dealkylation sites (tertiary alicyclic amines) is 1. The van der Waals surface area contributed by atoms with E-state index >= 15 is 0 Å². The van der Waals surface area contributed by atoms with Gasteiger partial charge in [0.05, 0.1) is 11.3 Å². The molecule has 1 fully saturated rings. The number of hydrogen-bond acceptors (Lipinski definition) is 2. The van der Waals surface area contributed by atoms with Gasteiger partial charge < -0.3 is 9.47 Å². The van der Waals surface area contributed by atoms with E-state index in [1.165, 1.54) is 0 Å². The van der Waals surface area contributed by atoms with Gasteiger partial charge in [0.1, 0.15) is 0 Å². The molecule has 1 aliphatic heterocycles. The Morgan fingerprint density at radius 1 is 1.29 bits per heavy atom. The largest absolute Gasteiger partial charge is 0.346 e. The SMILES string of the molecule is Cc1cc([C@H]2CCCN(C(=O)c3cc(C)n(C(C)C)c3C)C2)n[nH]1. The lowest BCUT2D eigenvalue weighted by Crippen LogP contribution is -2.39. The van der Waals surface area contributed by atoms with Crippen LogP contribution in [0.5, 0.6) is 0 Å². The third-order valence-electron chi connectivity index (χ3n) is 5.08. The van der Waals surface area contributed by atoms with Crippen molar-refractivity contribution in [1.82, 2.24) is 19.7 Å². The second-order valence-electron chi connectivity index (χ2n) is 7.31. The zero-order valence-electron chi connectivity index (χ0n) is 15.4. The van der Waals surface area contributed by atoms with Crippen LogP contribution in [0.3, 0.4) is 0 Å². The number of aromatic nitrogens is 3. The van der Waals surface area contributed by atoms with Crippen molar-refractivity contribution in [3.05, 3.63) is 40.5 Å². The first kappa shape index (κ1) is 16.8. The summed E-state index contributed by atoms with van der Waals surface area (Å²) in [4.78, 5) is 15.1. The lowest BCUT2D eigenvalue weighted by molar-refractivity contribution is 0.0705. The zero-order valence-corrected chi connectivity index (χ0v) is 15.4. The van der Waals surface area contributed by atoms with Crippen LogP contribution < -0.4 is 0 Å². The van der Waals surface area contributed by atoms with Gasteiger partial charge in [-0.05, 0) is 59.6 Å². The molecule has 0 spiro atoms. The molecule has 0 aromatic carbocycles. The summed E-state index contributed by atoms with van der Waals surface area (Å²) < 4.78 is 2.24. The van der Waals surface area contributed by atoms with Crippen LogP contribution in [0, 0.1) is 20.8 Å². The molecule has 5 nitrogen and oxygen atoms in total. The van der Waals surface area contributed by atoms with E-state index in [1.807, 2.05) is 17.9 Å². The molecule has 1 saturated heterocycles. The van der Waals surface area contributed by atoms with Gasteiger partial charge in [0.2, 0.25) is 0 Å². The summed E-state index contributed by atoms with van der Waals surface area (Å²) >= 11 is 0. The molecule has 2 aromatic heterocycles. The molecule has 5 heteroatoms.